The van der Waals surface area contributed by atoms with Gasteiger partial charge in [0, 0.05) is 13.1 Å². The van der Waals surface area contributed by atoms with Crippen LogP contribution in [0.15, 0.2) is 48.5 Å². The van der Waals surface area contributed by atoms with Gasteiger partial charge in [-0.3, -0.25) is 14.0 Å². The number of anilines is 1. The molecule has 0 radical (unpaired) electrons. The summed E-state index contributed by atoms with van der Waals surface area (Å²) in [5.74, 6) is -0.607. The number of carbonyl (C=O) groups is 1. The largest absolute Gasteiger partial charge is 0.416 e. The van der Waals surface area contributed by atoms with Crippen molar-refractivity contribution in [2.75, 3.05) is 23.7 Å². The highest BCUT2D eigenvalue weighted by molar-refractivity contribution is 7.92. The van der Waals surface area contributed by atoms with Crippen molar-refractivity contribution < 1.29 is 26.4 Å². The molecule has 2 aromatic rings. The molecule has 3 rings (SSSR count). The van der Waals surface area contributed by atoms with E-state index >= 15 is 0 Å². The molecule has 34 heavy (non-hydrogen) atoms. The minimum Gasteiger partial charge on any atom is -0.350 e. The van der Waals surface area contributed by atoms with Crippen molar-refractivity contribution in [3.05, 3.63) is 65.2 Å². The van der Waals surface area contributed by atoms with Crippen LogP contribution in [-0.4, -0.2) is 44.6 Å². The molecule has 0 spiro atoms. The van der Waals surface area contributed by atoms with Crippen molar-refractivity contribution in [1.29, 1.82) is 0 Å². The molecule has 10 heteroatoms. The molecule has 0 bridgehead atoms. The molecule has 0 saturated carbocycles. The second-order valence-corrected chi connectivity index (χ2v) is 10.5. The fourth-order valence-electron chi connectivity index (χ4n) is 4.18. The number of nitrogens with one attached hydrogen (secondary N) is 1. The topological polar surface area (TPSA) is 69.7 Å². The predicted molar refractivity (Wildman–Crippen MR) is 126 cm³/mol. The van der Waals surface area contributed by atoms with Crippen LogP contribution >= 0.6 is 0 Å². The van der Waals surface area contributed by atoms with E-state index in [0.717, 1.165) is 55.2 Å². The van der Waals surface area contributed by atoms with Gasteiger partial charge < -0.3 is 5.32 Å². The number of carbonyl (C=O) groups excluding carboxylic acids is 1. The van der Waals surface area contributed by atoms with Crippen molar-refractivity contribution in [2.24, 2.45) is 0 Å². The van der Waals surface area contributed by atoms with E-state index in [1.54, 1.807) is 0 Å². The second-order valence-electron chi connectivity index (χ2n) is 8.66. The molecule has 186 valence electrons. The highest BCUT2D eigenvalue weighted by Crippen LogP contribution is 2.32. The minimum absolute atomic E-state index is 0.178. The van der Waals surface area contributed by atoms with Gasteiger partial charge in [0.25, 0.3) is 0 Å². The molecule has 6 nitrogen and oxygen atoms in total. The average molecular weight is 498 g/mol. The second kappa shape index (κ2) is 10.8. The van der Waals surface area contributed by atoms with Crippen LogP contribution in [0.1, 0.15) is 42.9 Å². The Morgan fingerprint density at radius 3 is 2.35 bits per heavy atom. The van der Waals surface area contributed by atoms with Gasteiger partial charge in [-0.15, -0.1) is 0 Å². The summed E-state index contributed by atoms with van der Waals surface area (Å²) in [5.41, 5.74) is 0.781. The van der Waals surface area contributed by atoms with Crippen LogP contribution in [0.2, 0.25) is 0 Å². The predicted octanol–water partition coefficient (Wildman–Crippen LogP) is 4.16. The first-order valence-corrected chi connectivity index (χ1v) is 13.0. The number of hydrogen-bond donors (Lipinski definition) is 1. The third-order valence-corrected chi connectivity index (χ3v) is 7.07. The lowest BCUT2D eigenvalue weighted by Crippen LogP contribution is -2.47. The standard InChI is InChI=1S/C24H30F3N3O3S/c1-18(30(34(2,32)33)22-11-7-10-21(15-22)24(25,26)27)23(31)28-16-19-8-6-9-20(14-19)17-29-12-4-3-5-13-29/h6-11,14-15,18H,3-5,12-13,16-17H2,1-2H3,(H,28,31)/t18-/m0/s1. The zero-order valence-corrected chi connectivity index (χ0v) is 20.1. The van der Waals surface area contributed by atoms with Gasteiger partial charge in [-0.25, -0.2) is 8.42 Å². The van der Waals surface area contributed by atoms with Crippen molar-refractivity contribution >= 4 is 21.6 Å². The molecule has 2 aromatic carbocycles. The molecule has 1 amide bonds. The number of amides is 1. The zero-order valence-electron chi connectivity index (χ0n) is 19.3. The fraction of sp³-hybridized carbons (Fsp3) is 0.458. The Hall–Kier alpha value is -2.59. The first kappa shape index (κ1) is 26.0. The summed E-state index contributed by atoms with van der Waals surface area (Å²) in [6, 6.07) is 10.5. The van der Waals surface area contributed by atoms with E-state index in [4.69, 9.17) is 0 Å². The molecule has 0 aliphatic carbocycles. The maximum absolute atomic E-state index is 13.1. The maximum Gasteiger partial charge on any atom is 0.416 e. The lowest BCUT2D eigenvalue weighted by molar-refractivity contribution is -0.137. The number of likely N-dealkylation sites (tertiary alicyclic amines) is 1. The average Bonchev–Trinajstić information content (AvgIpc) is 2.77. The van der Waals surface area contributed by atoms with Crippen LogP contribution in [0, 0.1) is 0 Å². The Kier molecular flexibility index (Phi) is 8.25. The molecular weight excluding hydrogens is 467 g/mol. The molecule has 1 fully saturated rings. The molecule has 1 aliphatic rings. The number of nitrogens with zero attached hydrogens (tertiary/aromatic N) is 2. The van der Waals surface area contributed by atoms with Gasteiger partial charge in [-0.1, -0.05) is 36.8 Å². The summed E-state index contributed by atoms with van der Waals surface area (Å²) in [4.78, 5) is 15.2. The molecule has 1 saturated heterocycles. The number of hydrogen-bond acceptors (Lipinski definition) is 4. The van der Waals surface area contributed by atoms with E-state index in [2.05, 4.69) is 10.2 Å². The van der Waals surface area contributed by atoms with Gasteiger partial charge >= 0.3 is 6.18 Å². The van der Waals surface area contributed by atoms with Crippen molar-refractivity contribution in [3.8, 4) is 0 Å². The van der Waals surface area contributed by atoms with E-state index in [9.17, 15) is 26.4 Å². The van der Waals surface area contributed by atoms with Gasteiger partial charge in [0.15, 0.2) is 0 Å². The molecule has 0 unspecified atom stereocenters. The molecule has 1 atom stereocenters. The molecule has 1 aliphatic heterocycles. The molecule has 1 heterocycles. The summed E-state index contributed by atoms with van der Waals surface area (Å²) < 4.78 is 64.9. The molecule has 1 N–H and O–H groups in total. The summed E-state index contributed by atoms with van der Waals surface area (Å²) in [5, 5.41) is 2.72. The third-order valence-electron chi connectivity index (χ3n) is 5.83. The number of halogens is 3. The number of alkyl halides is 3. The number of benzene rings is 2. The summed E-state index contributed by atoms with van der Waals surface area (Å²) in [6.45, 7) is 4.49. The van der Waals surface area contributed by atoms with E-state index < -0.39 is 33.7 Å². The van der Waals surface area contributed by atoms with Gasteiger partial charge in [-0.2, -0.15) is 13.2 Å². The van der Waals surface area contributed by atoms with E-state index in [0.29, 0.717) is 4.31 Å². The van der Waals surface area contributed by atoms with E-state index in [-0.39, 0.29) is 12.2 Å². The fourth-order valence-corrected chi connectivity index (χ4v) is 5.35. The molecule has 0 aromatic heterocycles. The first-order valence-electron chi connectivity index (χ1n) is 11.2. The van der Waals surface area contributed by atoms with Gasteiger partial charge in [0.05, 0.1) is 17.5 Å². The van der Waals surface area contributed by atoms with Gasteiger partial charge in [0.1, 0.15) is 6.04 Å². The smallest absolute Gasteiger partial charge is 0.350 e. The van der Waals surface area contributed by atoms with Crippen LogP contribution < -0.4 is 9.62 Å². The highest BCUT2D eigenvalue weighted by atomic mass is 32.2. The first-order chi connectivity index (χ1) is 15.9. The monoisotopic (exact) mass is 497 g/mol. The van der Waals surface area contributed by atoms with E-state index in [1.807, 2.05) is 24.3 Å². The third kappa shape index (κ3) is 6.96. The number of piperidine rings is 1. The maximum atomic E-state index is 13.1. The minimum atomic E-state index is -4.64. The van der Waals surface area contributed by atoms with Crippen molar-refractivity contribution in [2.45, 2.75) is 51.5 Å². The van der Waals surface area contributed by atoms with Crippen LogP contribution in [-0.2, 0) is 34.1 Å². The SMILES string of the molecule is C[C@@H](C(=O)NCc1cccc(CN2CCCCC2)c1)N(c1cccc(C(F)(F)F)c1)S(C)(=O)=O. The van der Waals surface area contributed by atoms with Crippen LogP contribution in [0.25, 0.3) is 0 Å². The number of rotatable bonds is 8. The zero-order chi connectivity index (χ0) is 24.9. The van der Waals surface area contributed by atoms with Crippen LogP contribution in [0.4, 0.5) is 18.9 Å². The van der Waals surface area contributed by atoms with Crippen molar-refractivity contribution in [3.63, 3.8) is 0 Å². The Balaban J connectivity index is 1.70. The normalized spacial score (nSPS) is 16.1. The Bertz CT molecular complexity index is 1100. The summed E-state index contributed by atoms with van der Waals surface area (Å²) >= 11 is 0. The Morgan fingerprint density at radius 1 is 1.06 bits per heavy atom. The Labute approximate surface area is 198 Å². The van der Waals surface area contributed by atoms with Crippen molar-refractivity contribution in [1.82, 2.24) is 10.2 Å². The Morgan fingerprint density at radius 2 is 1.71 bits per heavy atom. The summed E-state index contributed by atoms with van der Waals surface area (Å²) in [7, 11) is -4.03. The lowest BCUT2D eigenvalue weighted by Gasteiger charge is -2.29. The molecular formula is C24H30F3N3O3S. The van der Waals surface area contributed by atoms with Crippen LogP contribution in [0.3, 0.4) is 0 Å². The van der Waals surface area contributed by atoms with Gasteiger partial charge in [0.2, 0.25) is 15.9 Å². The quantitative estimate of drug-likeness (QED) is 0.595. The number of sulfonamides is 1. The highest BCUT2D eigenvalue weighted by Gasteiger charge is 2.34. The van der Waals surface area contributed by atoms with Crippen LogP contribution in [0.5, 0.6) is 0 Å². The van der Waals surface area contributed by atoms with E-state index in [1.165, 1.54) is 32.3 Å². The summed E-state index contributed by atoms with van der Waals surface area (Å²) in [6.07, 6.45) is -0.135. The lowest BCUT2D eigenvalue weighted by atomic mass is 10.1. The van der Waals surface area contributed by atoms with Gasteiger partial charge in [-0.05, 0) is 62.2 Å².